The number of rotatable bonds is 5. The molecule has 2 heterocycles. The van der Waals surface area contributed by atoms with Gasteiger partial charge in [0.15, 0.2) is 0 Å². The standard InChI is InChI=1S/C15H23N3O/c1-12(13-5-4-9-16-11-13)18-15(19)8-7-14-6-2-3-10-17-14/h4-5,9,11-12,14,17H,2-3,6-8,10H2,1H3,(H,18,19)/t12-,14?/m1/s1. The van der Waals surface area contributed by atoms with Crippen LogP contribution in [0, 0.1) is 0 Å². The van der Waals surface area contributed by atoms with E-state index in [9.17, 15) is 4.79 Å². The van der Waals surface area contributed by atoms with Crippen molar-refractivity contribution < 1.29 is 4.79 Å². The summed E-state index contributed by atoms with van der Waals surface area (Å²) < 4.78 is 0. The third-order valence-electron chi connectivity index (χ3n) is 3.69. The van der Waals surface area contributed by atoms with Crippen LogP contribution in [0.3, 0.4) is 0 Å². The zero-order valence-corrected chi connectivity index (χ0v) is 11.6. The van der Waals surface area contributed by atoms with Crippen molar-refractivity contribution in [3.8, 4) is 0 Å². The predicted molar refractivity (Wildman–Crippen MR) is 75.7 cm³/mol. The molecule has 0 radical (unpaired) electrons. The van der Waals surface area contributed by atoms with Crippen LogP contribution >= 0.6 is 0 Å². The van der Waals surface area contributed by atoms with Crippen molar-refractivity contribution in [2.45, 2.75) is 51.1 Å². The predicted octanol–water partition coefficient (Wildman–Crippen LogP) is 2.18. The molecule has 1 amide bonds. The Morgan fingerprint density at radius 2 is 2.47 bits per heavy atom. The molecule has 0 spiro atoms. The fourth-order valence-corrected chi connectivity index (χ4v) is 2.50. The number of hydrogen-bond donors (Lipinski definition) is 2. The van der Waals surface area contributed by atoms with Crippen LogP contribution < -0.4 is 10.6 Å². The smallest absolute Gasteiger partial charge is 0.220 e. The minimum Gasteiger partial charge on any atom is -0.350 e. The molecule has 2 rings (SSSR count). The van der Waals surface area contributed by atoms with Gasteiger partial charge in [0.1, 0.15) is 0 Å². The molecule has 2 atom stereocenters. The third-order valence-corrected chi connectivity index (χ3v) is 3.69. The highest BCUT2D eigenvalue weighted by molar-refractivity contribution is 5.76. The van der Waals surface area contributed by atoms with Crippen LogP contribution in [0.25, 0.3) is 0 Å². The Labute approximate surface area is 115 Å². The Morgan fingerprint density at radius 1 is 1.58 bits per heavy atom. The Kier molecular flexibility index (Phi) is 5.33. The Morgan fingerprint density at radius 3 is 3.16 bits per heavy atom. The monoisotopic (exact) mass is 261 g/mol. The summed E-state index contributed by atoms with van der Waals surface area (Å²) in [5, 5.41) is 6.50. The number of carbonyl (C=O) groups excluding carboxylic acids is 1. The third kappa shape index (κ3) is 4.63. The second-order valence-electron chi connectivity index (χ2n) is 5.26. The highest BCUT2D eigenvalue weighted by atomic mass is 16.1. The van der Waals surface area contributed by atoms with Gasteiger partial charge in [0, 0.05) is 24.9 Å². The average molecular weight is 261 g/mol. The van der Waals surface area contributed by atoms with Crippen LogP contribution in [0.2, 0.25) is 0 Å². The minimum atomic E-state index is 0.0283. The molecule has 1 aliphatic rings. The van der Waals surface area contributed by atoms with Crippen molar-refractivity contribution in [2.24, 2.45) is 0 Å². The van der Waals surface area contributed by atoms with Crippen LogP contribution in [0.5, 0.6) is 0 Å². The number of nitrogens with one attached hydrogen (secondary N) is 2. The van der Waals surface area contributed by atoms with Gasteiger partial charge in [0.05, 0.1) is 6.04 Å². The van der Waals surface area contributed by atoms with E-state index in [1.165, 1.54) is 19.3 Å². The SMILES string of the molecule is C[C@@H](NC(=O)CCC1CCCCN1)c1cccnc1. The molecule has 0 aromatic carbocycles. The minimum absolute atomic E-state index is 0.0283. The van der Waals surface area contributed by atoms with Gasteiger partial charge in [-0.15, -0.1) is 0 Å². The molecule has 104 valence electrons. The average Bonchev–Trinajstić information content (AvgIpc) is 2.47. The molecule has 0 saturated carbocycles. The molecule has 1 unspecified atom stereocenters. The molecule has 19 heavy (non-hydrogen) atoms. The van der Waals surface area contributed by atoms with Crippen molar-refractivity contribution in [3.05, 3.63) is 30.1 Å². The van der Waals surface area contributed by atoms with Crippen molar-refractivity contribution in [3.63, 3.8) is 0 Å². The lowest BCUT2D eigenvalue weighted by Crippen LogP contribution is -2.35. The summed E-state index contributed by atoms with van der Waals surface area (Å²) in [4.78, 5) is 16.0. The maximum atomic E-state index is 11.9. The van der Waals surface area contributed by atoms with Crippen molar-refractivity contribution >= 4 is 5.91 Å². The van der Waals surface area contributed by atoms with Crippen molar-refractivity contribution in [1.82, 2.24) is 15.6 Å². The molecule has 1 fully saturated rings. The summed E-state index contributed by atoms with van der Waals surface area (Å²) in [6, 6.07) is 4.43. The van der Waals surface area contributed by atoms with E-state index in [2.05, 4.69) is 15.6 Å². The van der Waals surface area contributed by atoms with E-state index in [1.54, 1.807) is 12.4 Å². The Bertz CT molecular complexity index is 388. The van der Waals surface area contributed by atoms with Gasteiger partial charge in [0.2, 0.25) is 5.91 Å². The lowest BCUT2D eigenvalue weighted by molar-refractivity contribution is -0.122. The van der Waals surface area contributed by atoms with Crippen molar-refractivity contribution in [1.29, 1.82) is 0 Å². The molecule has 1 saturated heterocycles. The summed E-state index contributed by atoms with van der Waals surface area (Å²) in [7, 11) is 0. The zero-order valence-electron chi connectivity index (χ0n) is 11.6. The van der Waals surface area contributed by atoms with E-state index in [0.29, 0.717) is 12.5 Å². The maximum Gasteiger partial charge on any atom is 0.220 e. The first-order valence-corrected chi connectivity index (χ1v) is 7.18. The summed E-state index contributed by atoms with van der Waals surface area (Å²) in [5.41, 5.74) is 1.05. The first kappa shape index (κ1) is 14.0. The molecular formula is C15H23N3O. The van der Waals surface area contributed by atoms with Crippen LogP contribution in [-0.2, 0) is 4.79 Å². The highest BCUT2D eigenvalue weighted by Gasteiger charge is 2.15. The zero-order chi connectivity index (χ0) is 13.5. The first-order valence-electron chi connectivity index (χ1n) is 7.18. The number of amides is 1. The topological polar surface area (TPSA) is 54.0 Å². The largest absolute Gasteiger partial charge is 0.350 e. The van der Waals surface area contributed by atoms with E-state index >= 15 is 0 Å². The van der Waals surface area contributed by atoms with Gasteiger partial charge >= 0.3 is 0 Å². The second-order valence-corrected chi connectivity index (χ2v) is 5.26. The van der Waals surface area contributed by atoms with Gasteiger partial charge in [0.25, 0.3) is 0 Å². The molecule has 1 aromatic rings. The van der Waals surface area contributed by atoms with E-state index < -0.39 is 0 Å². The molecule has 0 bridgehead atoms. The Hall–Kier alpha value is -1.42. The van der Waals surface area contributed by atoms with Gasteiger partial charge in [-0.1, -0.05) is 12.5 Å². The fourth-order valence-electron chi connectivity index (χ4n) is 2.50. The lowest BCUT2D eigenvalue weighted by Gasteiger charge is -2.23. The number of carbonyl (C=O) groups is 1. The fraction of sp³-hybridized carbons (Fsp3) is 0.600. The van der Waals surface area contributed by atoms with E-state index in [4.69, 9.17) is 0 Å². The number of aromatic nitrogens is 1. The van der Waals surface area contributed by atoms with Gasteiger partial charge in [-0.05, 0) is 44.4 Å². The second kappa shape index (κ2) is 7.24. The molecule has 2 N–H and O–H groups in total. The molecule has 1 aliphatic heterocycles. The van der Waals surface area contributed by atoms with Gasteiger partial charge in [-0.3, -0.25) is 9.78 Å². The van der Waals surface area contributed by atoms with E-state index in [0.717, 1.165) is 18.5 Å². The van der Waals surface area contributed by atoms with Crippen LogP contribution in [0.4, 0.5) is 0 Å². The summed E-state index contributed by atoms with van der Waals surface area (Å²) >= 11 is 0. The van der Waals surface area contributed by atoms with E-state index in [-0.39, 0.29) is 11.9 Å². The van der Waals surface area contributed by atoms with Gasteiger partial charge in [-0.25, -0.2) is 0 Å². The first-order chi connectivity index (χ1) is 9.25. The van der Waals surface area contributed by atoms with E-state index in [1.807, 2.05) is 19.1 Å². The molecule has 4 nitrogen and oxygen atoms in total. The molecular weight excluding hydrogens is 238 g/mol. The number of piperidine rings is 1. The molecule has 4 heteroatoms. The molecule has 1 aromatic heterocycles. The Balaban J connectivity index is 1.71. The van der Waals surface area contributed by atoms with Crippen molar-refractivity contribution in [2.75, 3.05) is 6.54 Å². The highest BCUT2D eigenvalue weighted by Crippen LogP contribution is 2.13. The summed E-state index contributed by atoms with van der Waals surface area (Å²) in [6.45, 7) is 3.09. The maximum absolute atomic E-state index is 11.9. The van der Waals surface area contributed by atoms with Gasteiger partial charge in [-0.2, -0.15) is 0 Å². The van der Waals surface area contributed by atoms with Crippen LogP contribution in [0.15, 0.2) is 24.5 Å². The van der Waals surface area contributed by atoms with Crippen LogP contribution in [-0.4, -0.2) is 23.5 Å². The number of pyridine rings is 1. The summed E-state index contributed by atoms with van der Waals surface area (Å²) in [5.74, 6) is 0.128. The summed E-state index contributed by atoms with van der Waals surface area (Å²) in [6.07, 6.45) is 8.83. The van der Waals surface area contributed by atoms with Gasteiger partial charge < -0.3 is 10.6 Å². The van der Waals surface area contributed by atoms with Crippen LogP contribution in [0.1, 0.15) is 50.6 Å². The quantitative estimate of drug-likeness (QED) is 0.854. The molecule has 0 aliphatic carbocycles. The lowest BCUT2D eigenvalue weighted by atomic mass is 10.0. The number of hydrogen-bond acceptors (Lipinski definition) is 3. The normalized spacial score (nSPS) is 20.8. The number of nitrogens with zero attached hydrogens (tertiary/aromatic N) is 1.